The number of aryl methyl sites for hydroxylation is 1. The molecule has 3 nitrogen and oxygen atoms in total. The minimum absolute atomic E-state index is 0.517. The molecule has 0 aliphatic heterocycles. The van der Waals surface area contributed by atoms with Gasteiger partial charge in [-0.15, -0.1) is 11.3 Å². The molecule has 1 aliphatic rings. The summed E-state index contributed by atoms with van der Waals surface area (Å²) in [7, 11) is 0. The fourth-order valence-corrected chi connectivity index (χ4v) is 4.87. The van der Waals surface area contributed by atoms with Gasteiger partial charge in [-0.05, 0) is 49.7 Å². The second-order valence-electron chi connectivity index (χ2n) is 7.36. The van der Waals surface area contributed by atoms with Crippen molar-refractivity contribution >= 4 is 34.4 Å². The Balaban J connectivity index is 1.41. The molecule has 28 heavy (non-hydrogen) atoms. The number of benzene rings is 2. The molecule has 1 aliphatic carbocycles. The van der Waals surface area contributed by atoms with Crippen molar-refractivity contribution in [2.24, 2.45) is 0 Å². The average molecular weight is 408 g/mol. The lowest BCUT2D eigenvalue weighted by Gasteiger charge is -2.24. The van der Waals surface area contributed by atoms with Crippen molar-refractivity contribution in [2.75, 3.05) is 5.32 Å². The van der Waals surface area contributed by atoms with Crippen molar-refractivity contribution in [2.45, 2.75) is 45.1 Å². The molecule has 0 bridgehead atoms. The number of thiocarbonyl (C=S) groups is 1. The highest BCUT2D eigenvalue weighted by atomic mass is 32.1. The Bertz CT molecular complexity index is 940. The third-order valence-corrected chi connectivity index (χ3v) is 6.35. The zero-order valence-electron chi connectivity index (χ0n) is 16.1. The molecule has 0 unspecified atom stereocenters. The van der Waals surface area contributed by atoms with Crippen molar-refractivity contribution in [3.8, 4) is 21.8 Å². The number of anilines is 1. The maximum atomic E-state index is 5.48. The van der Waals surface area contributed by atoms with Crippen LogP contribution in [0.1, 0.15) is 37.7 Å². The van der Waals surface area contributed by atoms with Crippen LogP contribution in [0.5, 0.6) is 0 Å². The van der Waals surface area contributed by atoms with Crippen molar-refractivity contribution in [3.05, 3.63) is 59.5 Å². The largest absolute Gasteiger partial charge is 0.360 e. The highest BCUT2D eigenvalue weighted by Crippen LogP contribution is 2.31. The first-order valence-corrected chi connectivity index (χ1v) is 11.2. The smallest absolute Gasteiger partial charge is 0.170 e. The molecule has 0 spiro atoms. The molecular formula is C23H25N3S2. The van der Waals surface area contributed by atoms with E-state index < -0.39 is 0 Å². The van der Waals surface area contributed by atoms with Gasteiger partial charge in [0.1, 0.15) is 5.01 Å². The minimum Gasteiger partial charge on any atom is -0.360 e. The molecule has 144 valence electrons. The van der Waals surface area contributed by atoms with Crippen LogP contribution in [0.15, 0.2) is 53.9 Å². The highest BCUT2D eigenvalue weighted by molar-refractivity contribution is 7.80. The van der Waals surface area contributed by atoms with Gasteiger partial charge in [-0.25, -0.2) is 4.98 Å². The van der Waals surface area contributed by atoms with Gasteiger partial charge in [0.05, 0.1) is 5.69 Å². The topological polar surface area (TPSA) is 37.0 Å². The lowest BCUT2D eigenvalue weighted by atomic mass is 9.96. The van der Waals surface area contributed by atoms with Crippen LogP contribution in [0.4, 0.5) is 5.69 Å². The van der Waals surface area contributed by atoms with Crippen LogP contribution in [-0.4, -0.2) is 16.1 Å². The standard InChI is InChI=1S/C23H25N3S2/c1-16-7-5-6-10-20(16)22-26-21(15-28-22)17-11-13-19(14-12-17)25-23(27)24-18-8-3-2-4-9-18/h5-7,10-15,18H,2-4,8-9H2,1H3,(H2,24,25,27). The Morgan fingerprint density at radius 3 is 2.54 bits per heavy atom. The number of nitrogens with zero attached hydrogens (tertiary/aromatic N) is 1. The maximum Gasteiger partial charge on any atom is 0.170 e. The molecule has 1 saturated carbocycles. The lowest BCUT2D eigenvalue weighted by Crippen LogP contribution is -2.38. The fraction of sp³-hybridized carbons (Fsp3) is 0.304. The molecule has 1 heterocycles. The molecule has 5 heteroatoms. The van der Waals surface area contributed by atoms with E-state index in [0.29, 0.717) is 6.04 Å². The summed E-state index contributed by atoms with van der Waals surface area (Å²) >= 11 is 7.17. The summed E-state index contributed by atoms with van der Waals surface area (Å²) in [6, 6.07) is 17.2. The first-order valence-electron chi connectivity index (χ1n) is 9.88. The number of aromatic nitrogens is 1. The SMILES string of the molecule is Cc1ccccc1-c1nc(-c2ccc(NC(=S)NC3CCCCC3)cc2)cs1. The molecule has 4 rings (SSSR count). The van der Waals surface area contributed by atoms with E-state index in [2.05, 4.69) is 71.5 Å². The van der Waals surface area contributed by atoms with Gasteiger partial charge in [0.15, 0.2) is 5.11 Å². The molecule has 0 radical (unpaired) electrons. The van der Waals surface area contributed by atoms with Gasteiger partial charge in [-0.1, -0.05) is 55.7 Å². The second kappa shape index (κ2) is 8.84. The van der Waals surface area contributed by atoms with Gasteiger partial charge in [-0.2, -0.15) is 0 Å². The van der Waals surface area contributed by atoms with E-state index in [4.69, 9.17) is 17.2 Å². The number of hydrogen-bond donors (Lipinski definition) is 2. The van der Waals surface area contributed by atoms with E-state index in [1.54, 1.807) is 11.3 Å². The van der Waals surface area contributed by atoms with Gasteiger partial charge in [-0.3, -0.25) is 0 Å². The van der Waals surface area contributed by atoms with Crippen molar-refractivity contribution in [1.82, 2.24) is 10.3 Å². The second-order valence-corrected chi connectivity index (χ2v) is 8.63. The van der Waals surface area contributed by atoms with Crippen molar-refractivity contribution in [1.29, 1.82) is 0 Å². The number of hydrogen-bond acceptors (Lipinski definition) is 3. The van der Waals surface area contributed by atoms with Crippen LogP contribution in [0, 0.1) is 6.92 Å². The predicted octanol–water partition coefficient (Wildman–Crippen LogP) is 6.40. The van der Waals surface area contributed by atoms with Gasteiger partial charge >= 0.3 is 0 Å². The van der Waals surface area contributed by atoms with Crippen LogP contribution in [0.3, 0.4) is 0 Å². The molecule has 2 N–H and O–H groups in total. The molecule has 0 amide bonds. The van der Waals surface area contributed by atoms with E-state index in [1.165, 1.54) is 43.2 Å². The molecule has 2 aromatic carbocycles. The first kappa shape index (κ1) is 19.1. The van der Waals surface area contributed by atoms with Gasteiger partial charge in [0.25, 0.3) is 0 Å². The summed E-state index contributed by atoms with van der Waals surface area (Å²) in [5.74, 6) is 0. The summed E-state index contributed by atoms with van der Waals surface area (Å²) in [5.41, 5.74) is 5.59. The summed E-state index contributed by atoms with van der Waals surface area (Å²) < 4.78 is 0. The van der Waals surface area contributed by atoms with E-state index in [1.807, 2.05) is 0 Å². The molecule has 1 fully saturated rings. The normalized spacial score (nSPS) is 14.6. The molecule has 3 aromatic rings. The third-order valence-electron chi connectivity index (χ3n) is 5.26. The Morgan fingerprint density at radius 1 is 1.04 bits per heavy atom. The van der Waals surface area contributed by atoms with Gasteiger partial charge in [0, 0.05) is 28.2 Å². The predicted molar refractivity (Wildman–Crippen MR) is 124 cm³/mol. The van der Waals surface area contributed by atoms with Gasteiger partial charge in [0.2, 0.25) is 0 Å². The lowest BCUT2D eigenvalue weighted by molar-refractivity contribution is 0.415. The van der Waals surface area contributed by atoms with Gasteiger partial charge < -0.3 is 10.6 Å². The molecule has 0 saturated heterocycles. The quantitative estimate of drug-likeness (QED) is 0.490. The monoisotopic (exact) mass is 407 g/mol. The number of rotatable bonds is 4. The van der Waals surface area contributed by atoms with Crippen molar-refractivity contribution < 1.29 is 0 Å². The Kier molecular flexibility index (Phi) is 6.03. The third kappa shape index (κ3) is 4.59. The van der Waals surface area contributed by atoms with E-state index in [0.717, 1.165) is 27.1 Å². The Hall–Kier alpha value is -2.24. The summed E-state index contributed by atoms with van der Waals surface area (Å²) in [6.45, 7) is 2.13. The Labute approximate surface area is 176 Å². The van der Waals surface area contributed by atoms with E-state index in [9.17, 15) is 0 Å². The fourth-order valence-electron chi connectivity index (χ4n) is 3.67. The maximum absolute atomic E-state index is 5.48. The van der Waals surface area contributed by atoms with Crippen LogP contribution >= 0.6 is 23.6 Å². The average Bonchev–Trinajstić information content (AvgIpc) is 3.19. The zero-order valence-corrected chi connectivity index (χ0v) is 17.7. The number of thiazole rings is 1. The summed E-state index contributed by atoms with van der Waals surface area (Å²) in [4.78, 5) is 4.84. The molecule has 1 aromatic heterocycles. The Morgan fingerprint density at radius 2 is 1.79 bits per heavy atom. The van der Waals surface area contributed by atoms with E-state index >= 15 is 0 Å². The van der Waals surface area contributed by atoms with Crippen molar-refractivity contribution in [3.63, 3.8) is 0 Å². The zero-order chi connectivity index (χ0) is 19.3. The minimum atomic E-state index is 0.517. The molecular weight excluding hydrogens is 382 g/mol. The van der Waals surface area contributed by atoms with Crippen LogP contribution in [-0.2, 0) is 0 Å². The van der Waals surface area contributed by atoms with Crippen LogP contribution in [0.25, 0.3) is 21.8 Å². The number of nitrogens with one attached hydrogen (secondary N) is 2. The highest BCUT2D eigenvalue weighted by Gasteiger charge is 2.14. The summed E-state index contributed by atoms with van der Waals surface area (Å²) in [6.07, 6.45) is 6.38. The van der Waals surface area contributed by atoms with E-state index in [-0.39, 0.29) is 0 Å². The van der Waals surface area contributed by atoms with Crippen LogP contribution in [0.2, 0.25) is 0 Å². The first-order chi connectivity index (χ1) is 13.7. The molecule has 0 atom stereocenters. The van der Waals surface area contributed by atoms with Crippen LogP contribution < -0.4 is 10.6 Å². The summed E-state index contributed by atoms with van der Waals surface area (Å²) in [5, 5.41) is 10.7.